The van der Waals surface area contributed by atoms with Gasteiger partial charge in [-0.15, -0.1) is 0 Å². The largest absolute Gasteiger partial charge is 0.336 e. The van der Waals surface area contributed by atoms with Gasteiger partial charge in [-0.25, -0.2) is 4.98 Å². The number of pyridine rings is 1. The van der Waals surface area contributed by atoms with Gasteiger partial charge >= 0.3 is 0 Å². The minimum Gasteiger partial charge on any atom is -0.336 e. The van der Waals surface area contributed by atoms with E-state index in [1.54, 1.807) is 11.9 Å². The number of nitrogens with zero attached hydrogens (tertiary/aromatic N) is 4. The Labute approximate surface area is 179 Å². The Morgan fingerprint density at radius 1 is 1.00 bits per heavy atom. The van der Waals surface area contributed by atoms with Gasteiger partial charge in [0.15, 0.2) is 0 Å². The summed E-state index contributed by atoms with van der Waals surface area (Å²) >= 11 is 0. The molecule has 0 radical (unpaired) electrons. The standard InChI is InChI=1S/C24H22N4O3/c1-16-4-7-18(8-5-16)23-21(27-14-17(2)6-13-22(27)25-23)15-26(3)24(29)19-9-11-20(12-10-19)28(30)31/h4-14H,15H2,1-3H3. The third-order valence-electron chi connectivity index (χ3n) is 5.25. The molecule has 156 valence electrons. The average Bonchev–Trinajstić information content (AvgIpc) is 3.11. The molecule has 4 aromatic rings. The molecule has 2 aromatic carbocycles. The van der Waals surface area contributed by atoms with Gasteiger partial charge in [-0.3, -0.25) is 14.9 Å². The van der Waals surface area contributed by atoms with Gasteiger partial charge in [0, 0.05) is 36.5 Å². The lowest BCUT2D eigenvalue weighted by atomic mass is 10.1. The molecule has 0 saturated heterocycles. The van der Waals surface area contributed by atoms with Crippen molar-refractivity contribution in [3.63, 3.8) is 0 Å². The first-order valence-electron chi connectivity index (χ1n) is 9.88. The molecule has 0 bridgehead atoms. The van der Waals surface area contributed by atoms with Crippen molar-refractivity contribution in [3.05, 3.63) is 99.4 Å². The minimum atomic E-state index is -0.480. The molecule has 0 aliphatic heterocycles. The normalized spacial score (nSPS) is 10.9. The van der Waals surface area contributed by atoms with Gasteiger partial charge in [-0.1, -0.05) is 35.9 Å². The zero-order valence-corrected chi connectivity index (χ0v) is 17.6. The highest BCUT2D eigenvalue weighted by atomic mass is 16.6. The molecule has 2 heterocycles. The lowest BCUT2D eigenvalue weighted by molar-refractivity contribution is -0.384. The summed E-state index contributed by atoms with van der Waals surface area (Å²) in [7, 11) is 1.72. The molecule has 0 unspecified atom stereocenters. The number of nitro groups is 1. The molecule has 0 saturated carbocycles. The number of amides is 1. The zero-order valence-electron chi connectivity index (χ0n) is 17.6. The first kappa shape index (κ1) is 20.3. The second-order valence-electron chi connectivity index (χ2n) is 7.67. The smallest absolute Gasteiger partial charge is 0.269 e. The minimum absolute atomic E-state index is 0.0434. The third-order valence-corrected chi connectivity index (χ3v) is 5.25. The van der Waals surface area contributed by atoms with Crippen molar-refractivity contribution in [2.75, 3.05) is 7.05 Å². The fourth-order valence-electron chi connectivity index (χ4n) is 3.54. The molecule has 31 heavy (non-hydrogen) atoms. The predicted molar refractivity (Wildman–Crippen MR) is 119 cm³/mol. The molecule has 0 atom stereocenters. The molecule has 7 nitrogen and oxygen atoms in total. The first-order chi connectivity index (χ1) is 14.8. The number of non-ortho nitro benzene ring substituents is 1. The Kier molecular flexibility index (Phi) is 5.25. The van der Waals surface area contributed by atoms with Crippen LogP contribution in [0.1, 0.15) is 27.2 Å². The van der Waals surface area contributed by atoms with Gasteiger partial charge in [0.05, 0.1) is 22.9 Å². The van der Waals surface area contributed by atoms with Crippen molar-refractivity contribution in [1.82, 2.24) is 14.3 Å². The van der Waals surface area contributed by atoms with Crippen LogP contribution in [0.4, 0.5) is 5.69 Å². The van der Waals surface area contributed by atoms with Crippen molar-refractivity contribution < 1.29 is 9.72 Å². The zero-order chi connectivity index (χ0) is 22.1. The number of hydrogen-bond donors (Lipinski definition) is 0. The van der Waals surface area contributed by atoms with E-state index >= 15 is 0 Å². The van der Waals surface area contributed by atoms with Crippen LogP contribution in [0.5, 0.6) is 0 Å². The fourth-order valence-corrected chi connectivity index (χ4v) is 3.54. The highest BCUT2D eigenvalue weighted by Gasteiger charge is 2.20. The van der Waals surface area contributed by atoms with E-state index in [1.807, 2.05) is 60.8 Å². The lowest BCUT2D eigenvalue weighted by Crippen LogP contribution is -2.27. The Hall–Kier alpha value is -4.00. The van der Waals surface area contributed by atoms with Crippen LogP contribution in [0.3, 0.4) is 0 Å². The Morgan fingerprint density at radius 2 is 1.65 bits per heavy atom. The van der Waals surface area contributed by atoms with Crippen molar-refractivity contribution in [2.24, 2.45) is 0 Å². The molecule has 1 amide bonds. The van der Waals surface area contributed by atoms with Crippen LogP contribution in [0, 0.1) is 24.0 Å². The van der Waals surface area contributed by atoms with Crippen molar-refractivity contribution in [3.8, 4) is 11.3 Å². The van der Waals surface area contributed by atoms with Gasteiger partial charge in [0.2, 0.25) is 0 Å². The van der Waals surface area contributed by atoms with E-state index < -0.39 is 4.92 Å². The topological polar surface area (TPSA) is 80.8 Å². The monoisotopic (exact) mass is 414 g/mol. The summed E-state index contributed by atoms with van der Waals surface area (Å²) in [4.78, 5) is 29.8. The van der Waals surface area contributed by atoms with E-state index in [-0.39, 0.29) is 11.6 Å². The molecule has 0 N–H and O–H groups in total. The lowest BCUT2D eigenvalue weighted by Gasteiger charge is -2.18. The van der Waals surface area contributed by atoms with E-state index in [0.717, 1.165) is 33.7 Å². The summed E-state index contributed by atoms with van der Waals surface area (Å²) in [5.74, 6) is -0.215. The van der Waals surface area contributed by atoms with Gasteiger partial charge < -0.3 is 9.30 Å². The summed E-state index contributed by atoms with van der Waals surface area (Å²) in [6.07, 6.45) is 2.01. The van der Waals surface area contributed by atoms with Gasteiger partial charge in [-0.2, -0.15) is 0 Å². The fraction of sp³-hybridized carbons (Fsp3) is 0.167. The summed E-state index contributed by atoms with van der Waals surface area (Å²) in [6.45, 7) is 4.39. The van der Waals surface area contributed by atoms with Crippen molar-refractivity contribution in [2.45, 2.75) is 20.4 Å². The predicted octanol–water partition coefficient (Wildman–Crippen LogP) is 4.80. The molecule has 7 heteroatoms. The number of hydrogen-bond acceptors (Lipinski definition) is 4. The van der Waals surface area contributed by atoms with Crippen LogP contribution in [0.25, 0.3) is 16.9 Å². The number of benzene rings is 2. The van der Waals surface area contributed by atoms with Crippen molar-refractivity contribution >= 4 is 17.2 Å². The highest BCUT2D eigenvalue weighted by molar-refractivity contribution is 5.94. The van der Waals surface area contributed by atoms with Crippen molar-refractivity contribution in [1.29, 1.82) is 0 Å². The number of aryl methyl sites for hydroxylation is 2. The van der Waals surface area contributed by atoms with E-state index in [0.29, 0.717) is 12.1 Å². The Morgan fingerprint density at radius 3 is 2.29 bits per heavy atom. The molecular weight excluding hydrogens is 392 g/mol. The maximum Gasteiger partial charge on any atom is 0.269 e. The summed E-state index contributed by atoms with van der Waals surface area (Å²) in [6, 6.07) is 17.8. The first-order valence-corrected chi connectivity index (χ1v) is 9.88. The Balaban J connectivity index is 1.71. The number of rotatable bonds is 5. The van der Waals surface area contributed by atoms with Crippen LogP contribution in [-0.4, -0.2) is 32.2 Å². The molecule has 0 aliphatic rings. The second kappa shape index (κ2) is 8.02. The van der Waals surface area contributed by atoms with E-state index in [9.17, 15) is 14.9 Å². The molecule has 2 aromatic heterocycles. The maximum absolute atomic E-state index is 13.0. The average molecular weight is 414 g/mol. The number of aromatic nitrogens is 2. The third kappa shape index (κ3) is 4.02. The second-order valence-corrected chi connectivity index (χ2v) is 7.67. The molecule has 0 aliphatic carbocycles. The van der Waals surface area contributed by atoms with E-state index in [4.69, 9.17) is 4.98 Å². The number of carbonyl (C=O) groups excluding carboxylic acids is 1. The summed E-state index contributed by atoms with van der Waals surface area (Å²) in [5.41, 5.74) is 6.13. The molecule has 4 rings (SSSR count). The van der Waals surface area contributed by atoms with Crippen LogP contribution < -0.4 is 0 Å². The van der Waals surface area contributed by atoms with Crippen LogP contribution in [0.15, 0.2) is 66.9 Å². The van der Waals surface area contributed by atoms with Gasteiger partial charge in [0.25, 0.3) is 11.6 Å². The Bertz CT molecular complexity index is 1270. The van der Waals surface area contributed by atoms with Gasteiger partial charge in [0.1, 0.15) is 5.65 Å². The van der Waals surface area contributed by atoms with Crippen LogP contribution in [0.2, 0.25) is 0 Å². The number of fused-ring (bicyclic) bond motifs is 1. The number of nitro benzene ring substituents is 1. The molecular formula is C24H22N4O3. The number of carbonyl (C=O) groups is 1. The maximum atomic E-state index is 13.0. The SMILES string of the molecule is Cc1ccc(-c2nc3ccc(C)cn3c2CN(C)C(=O)c2ccc([N+](=O)[O-])cc2)cc1. The van der Waals surface area contributed by atoms with Crippen LogP contribution in [-0.2, 0) is 6.54 Å². The van der Waals surface area contributed by atoms with E-state index in [1.165, 1.54) is 24.3 Å². The number of imidazole rings is 1. The molecule has 0 spiro atoms. The highest BCUT2D eigenvalue weighted by Crippen LogP contribution is 2.27. The molecule has 0 fully saturated rings. The van der Waals surface area contributed by atoms with Crippen LogP contribution >= 0.6 is 0 Å². The quantitative estimate of drug-likeness (QED) is 0.347. The van der Waals surface area contributed by atoms with Gasteiger partial charge in [-0.05, 0) is 37.6 Å². The van der Waals surface area contributed by atoms with E-state index in [2.05, 4.69) is 0 Å². The summed E-state index contributed by atoms with van der Waals surface area (Å²) in [5, 5.41) is 10.9. The summed E-state index contributed by atoms with van der Waals surface area (Å²) < 4.78 is 2.02.